The second-order valence-electron chi connectivity index (χ2n) is 6.85. The SMILES string of the molecule is C[C@@H](Oc1ccc(C#N)cc1)C(=O)NCCC(c1ccccc1)c1ccccc1. The summed E-state index contributed by atoms with van der Waals surface area (Å²) in [5, 5.41) is 11.8. The zero-order valence-electron chi connectivity index (χ0n) is 16.4. The van der Waals surface area contributed by atoms with Gasteiger partial charge in [-0.15, -0.1) is 0 Å². The molecular formula is C25H24N2O2. The van der Waals surface area contributed by atoms with E-state index in [0.717, 1.165) is 6.42 Å². The number of nitriles is 1. The predicted molar refractivity (Wildman–Crippen MR) is 114 cm³/mol. The summed E-state index contributed by atoms with van der Waals surface area (Å²) in [4.78, 5) is 12.4. The Morgan fingerprint density at radius 3 is 2.00 bits per heavy atom. The summed E-state index contributed by atoms with van der Waals surface area (Å²) in [7, 11) is 0. The normalized spacial score (nSPS) is 11.5. The summed E-state index contributed by atoms with van der Waals surface area (Å²) >= 11 is 0. The van der Waals surface area contributed by atoms with Gasteiger partial charge in [-0.1, -0.05) is 60.7 Å². The highest BCUT2D eigenvalue weighted by atomic mass is 16.5. The first-order valence-electron chi connectivity index (χ1n) is 9.72. The van der Waals surface area contributed by atoms with Crippen molar-refractivity contribution in [1.82, 2.24) is 5.32 Å². The van der Waals surface area contributed by atoms with Gasteiger partial charge in [-0.05, 0) is 48.7 Å². The lowest BCUT2D eigenvalue weighted by molar-refractivity contribution is -0.127. The first kappa shape index (κ1) is 20.2. The average Bonchev–Trinajstić information content (AvgIpc) is 2.78. The Balaban J connectivity index is 1.57. The summed E-state index contributed by atoms with van der Waals surface area (Å²) in [5.74, 6) is 0.625. The van der Waals surface area contributed by atoms with Gasteiger partial charge in [-0.3, -0.25) is 4.79 Å². The molecule has 0 aliphatic carbocycles. The summed E-state index contributed by atoms with van der Waals surface area (Å²) in [6.45, 7) is 2.27. The maximum Gasteiger partial charge on any atom is 0.260 e. The van der Waals surface area contributed by atoms with Crippen molar-refractivity contribution in [3.63, 3.8) is 0 Å². The van der Waals surface area contributed by atoms with Gasteiger partial charge in [0.05, 0.1) is 11.6 Å². The van der Waals surface area contributed by atoms with Crippen LogP contribution in [0, 0.1) is 11.3 Å². The molecule has 1 N–H and O–H groups in total. The fourth-order valence-corrected chi connectivity index (χ4v) is 3.25. The van der Waals surface area contributed by atoms with Crippen LogP contribution in [0.1, 0.15) is 36.0 Å². The third-order valence-electron chi connectivity index (χ3n) is 4.80. The topological polar surface area (TPSA) is 62.1 Å². The number of nitrogens with one attached hydrogen (secondary N) is 1. The molecule has 0 aromatic heterocycles. The molecule has 0 saturated carbocycles. The van der Waals surface area contributed by atoms with Gasteiger partial charge in [0, 0.05) is 12.5 Å². The van der Waals surface area contributed by atoms with E-state index in [-0.39, 0.29) is 11.8 Å². The van der Waals surface area contributed by atoms with Gasteiger partial charge in [0.25, 0.3) is 5.91 Å². The number of carbonyl (C=O) groups is 1. The lowest BCUT2D eigenvalue weighted by Gasteiger charge is -2.20. The number of carbonyl (C=O) groups excluding carboxylic acids is 1. The van der Waals surface area contributed by atoms with Crippen molar-refractivity contribution in [3.8, 4) is 11.8 Å². The van der Waals surface area contributed by atoms with Crippen molar-refractivity contribution in [2.45, 2.75) is 25.4 Å². The van der Waals surface area contributed by atoms with Gasteiger partial charge in [-0.25, -0.2) is 0 Å². The van der Waals surface area contributed by atoms with E-state index >= 15 is 0 Å². The lowest BCUT2D eigenvalue weighted by atomic mass is 9.88. The van der Waals surface area contributed by atoms with Gasteiger partial charge >= 0.3 is 0 Å². The molecule has 146 valence electrons. The lowest BCUT2D eigenvalue weighted by Crippen LogP contribution is -2.37. The highest BCUT2D eigenvalue weighted by Gasteiger charge is 2.17. The van der Waals surface area contributed by atoms with Gasteiger partial charge in [-0.2, -0.15) is 5.26 Å². The zero-order valence-corrected chi connectivity index (χ0v) is 16.4. The number of rotatable bonds is 8. The molecule has 0 unspecified atom stereocenters. The Morgan fingerprint density at radius 1 is 0.931 bits per heavy atom. The van der Waals surface area contributed by atoms with E-state index < -0.39 is 6.10 Å². The zero-order chi connectivity index (χ0) is 20.5. The molecule has 0 bridgehead atoms. The van der Waals surface area contributed by atoms with Crippen LogP contribution in [0.25, 0.3) is 0 Å². The highest BCUT2D eigenvalue weighted by Crippen LogP contribution is 2.27. The van der Waals surface area contributed by atoms with Crippen LogP contribution >= 0.6 is 0 Å². The van der Waals surface area contributed by atoms with E-state index in [1.54, 1.807) is 31.2 Å². The van der Waals surface area contributed by atoms with Crippen molar-refractivity contribution >= 4 is 5.91 Å². The van der Waals surface area contributed by atoms with Crippen LogP contribution in [0.2, 0.25) is 0 Å². The number of nitrogens with zero attached hydrogens (tertiary/aromatic N) is 1. The fourth-order valence-electron chi connectivity index (χ4n) is 3.25. The molecule has 4 heteroatoms. The minimum atomic E-state index is -0.616. The van der Waals surface area contributed by atoms with Crippen molar-refractivity contribution in [2.75, 3.05) is 6.54 Å². The van der Waals surface area contributed by atoms with Crippen LogP contribution in [0.3, 0.4) is 0 Å². The van der Waals surface area contributed by atoms with Crippen molar-refractivity contribution in [2.24, 2.45) is 0 Å². The number of hydrogen-bond donors (Lipinski definition) is 1. The van der Waals surface area contributed by atoms with Gasteiger partial charge in [0.15, 0.2) is 6.10 Å². The Kier molecular flexibility index (Phi) is 7.02. The third-order valence-corrected chi connectivity index (χ3v) is 4.80. The Hall–Kier alpha value is -3.58. The molecule has 1 atom stereocenters. The molecule has 1 amide bonds. The molecule has 3 aromatic rings. The van der Waals surface area contributed by atoms with Crippen molar-refractivity contribution in [1.29, 1.82) is 5.26 Å². The molecule has 3 aromatic carbocycles. The highest BCUT2D eigenvalue weighted by molar-refractivity contribution is 5.80. The molecule has 3 rings (SSSR count). The second kappa shape index (κ2) is 10.1. The molecule has 0 heterocycles. The van der Waals surface area contributed by atoms with Crippen LogP contribution in [-0.2, 0) is 4.79 Å². The number of amides is 1. The van der Waals surface area contributed by atoms with Crippen LogP contribution in [0.4, 0.5) is 0 Å². The summed E-state index contributed by atoms with van der Waals surface area (Å²) in [5.41, 5.74) is 3.02. The molecule has 0 saturated heterocycles. The van der Waals surface area contributed by atoms with Crippen LogP contribution < -0.4 is 10.1 Å². The first-order valence-corrected chi connectivity index (χ1v) is 9.72. The van der Waals surface area contributed by atoms with Crippen molar-refractivity contribution in [3.05, 3.63) is 102 Å². The standard InChI is InChI=1S/C25H24N2O2/c1-19(29-23-14-12-20(18-26)13-15-23)25(28)27-17-16-24(21-8-4-2-5-9-21)22-10-6-3-7-11-22/h2-15,19,24H,16-17H2,1H3,(H,27,28)/t19-/m1/s1. The molecule has 0 spiro atoms. The molecular weight excluding hydrogens is 360 g/mol. The molecule has 0 aliphatic rings. The Labute approximate surface area is 171 Å². The molecule has 0 aliphatic heterocycles. The monoisotopic (exact) mass is 384 g/mol. The summed E-state index contributed by atoms with van der Waals surface area (Å²) in [6.07, 6.45) is 0.179. The maximum atomic E-state index is 12.4. The summed E-state index contributed by atoms with van der Waals surface area (Å²) in [6, 6.07) is 29.5. The van der Waals surface area contributed by atoms with E-state index in [0.29, 0.717) is 17.9 Å². The molecule has 0 fully saturated rings. The molecule has 4 nitrogen and oxygen atoms in total. The first-order chi connectivity index (χ1) is 14.2. The molecule has 29 heavy (non-hydrogen) atoms. The van der Waals surface area contributed by atoms with Crippen LogP contribution in [0.15, 0.2) is 84.9 Å². The van der Waals surface area contributed by atoms with Gasteiger partial charge in [0.2, 0.25) is 0 Å². The minimum Gasteiger partial charge on any atom is -0.481 e. The van der Waals surface area contributed by atoms with Crippen LogP contribution in [-0.4, -0.2) is 18.6 Å². The third kappa shape index (κ3) is 5.70. The fraction of sp³-hybridized carbons (Fsp3) is 0.200. The summed E-state index contributed by atoms with van der Waals surface area (Å²) < 4.78 is 5.68. The van der Waals surface area contributed by atoms with E-state index in [4.69, 9.17) is 10.00 Å². The minimum absolute atomic E-state index is 0.158. The van der Waals surface area contributed by atoms with E-state index in [9.17, 15) is 4.79 Å². The Bertz CT molecular complexity index is 908. The van der Waals surface area contributed by atoms with E-state index in [2.05, 4.69) is 35.7 Å². The van der Waals surface area contributed by atoms with Gasteiger partial charge < -0.3 is 10.1 Å². The maximum absolute atomic E-state index is 12.4. The molecule has 0 radical (unpaired) electrons. The Morgan fingerprint density at radius 2 is 1.48 bits per heavy atom. The number of ether oxygens (including phenoxy) is 1. The number of benzene rings is 3. The van der Waals surface area contributed by atoms with E-state index in [1.807, 2.05) is 36.4 Å². The average molecular weight is 384 g/mol. The smallest absolute Gasteiger partial charge is 0.260 e. The quantitative estimate of drug-likeness (QED) is 0.614. The number of hydrogen-bond acceptors (Lipinski definition) is 3. The second-order valence-corrected chi connectivity index (χ2v) is 6.85. The largest absolute Gasteiger partial charge is 0.481 e. The van der Waals surface area contributed by atoms with Crippen LogP contribution in [0.5, 0.6) is 5.75 Å². The predicted octanol–water partition coefficient (Wildman–Crippen LogP) is 4.66. The van der Waals surface area contributed by atoms with Crippen molar-refractivity contribution < 1.29 is 9.53 Å². The van der Waals surface area contributed by atoms with Gasteiger partial charge in [0.1, 0.15) is 5.75 Å². The van der Waals surface area contributed by atoms with E-state index in [1.165, 1.54) is 11.1 Å².